The molecular formula is C9H15F2NO2. The Labute approximate surface area is 82.0 Å². The Bertz CT molecular complexity index is 253. The van der Waals surface area contributed by atoms with E-state index in [9.17, 15) is 13.6 Å². The third-order valence-corrected chi connectivity index (χ3v) is 2.94. The van der Waals surface area contributed by atoms with Crippen molar-refractivity contribution in [2.45, 2.75) is 25.8 Å². The van der Waals surface area contributed by atoms with Gasteiger partial charge in [0.15, 0.2) is 0 Å². The van der Waals surface area contributed by atoms with Crippen LogP contribution in [0.5, 0.6) is 0 Å². The van der Waals surface area contributed by atoms with E-state index in [-0.39, 0.29) is 0 Å². The normalized spacial score (nSPS) is 30.3. The van der Waals surface area contributed by atoms with Crippen LogP contribution in [-0.2, 0) is 9.53 Å². The van der Waals surface area contributed by atoms with Gasteiger partial charge >= 0.3 is 5.97 Å². The number of carbonyl (C=O) groups is 1. The maximum atomic E-state index is 13.5. The zero-order chi connectivity index (χ0) is 11.1. The van der Waals surface area contributed by atoms with Crippen LogP contribution in [0.2, 0.25) is 0 Å². The summed E-state index contributed by atoms with van der Waals surface area (Å²) in [5.74, 6) is -3.46. The number of nitrogens with zero attached hydrogens (tertiary/aromatic N) is 1. The minimum Gasteiger partial charge on any atom is -0.468 e. The summed E-state index contributed by atoms with van der Waals surface area (Å²) in [5.41, 5.74) is -1.38. The molecule has 1 atom stereocenters. The van der Waals surface area contributed by atoms with Crippen molar-refractivity contribution in [1.29, 1.82) is 0 Å². The van der Waals surface area contributed by atoms with E-state index in [1.54, 1.807) is 0 Å². The molecule has 1 rings (SSSR count). The van der Waals surface area contributed by atoms with Gasteiger partial charge in [-0.15, -0.1) is 0 Å². The molecule has 0 aromatic carbocycles. The van der Waals surface area contributed by atoms with Crippen LogP contribution in [0.4, 0.5) is 8.78 Å². The highest BCUT2D eigenvalue weighted by Crippen LogP contribution is 2.47. The molecule has 3 nitrogen and oxygen atoms in total. The number of rotatable bonds is 1. The Morgan fingerprint density at radius 3 is 2.29 bits per heavy atom. The Hall–Kier alpha value is -0.710. The fourth-order valence-corrected chi connectivity index (χ4v) is 1.95. The smallest absolute Gasteiger partial charge is 0.323 e. The van der Waals surface area contributed by atoms with Crippen molar-refractivity contribution < 1.29 is 18.3 Å². The number of esters is 1. The maximum Gasteiger partial charge on any atom is 0.323 e. The second kappa shape index (κ2) is 3.15. The van der Waals surface area contributed by atoms with Gasteiger partial charge < -0.3 is 4.74 Å². The van der Waals surface area contributed by atoms with Crippen molar-refractivity contribution >= 4 is 5.97 Å². The van der Waals surface area contributed by atoms with E-state index in [1.165, 1.54) is 32.9 Å². The van der Waals surface area contributed by atoms with Crippen molar-refractivity contribution in [1.82, 2.24) is 4.90 Å². The number of ether oxygens (including phenoxy) is 1. The van der Waals surface area contributed by atoms with Crippen LogP contribution in [-0.4, -0.2) is 43.5 Å². The summed E-state index contributed by atoms with van der Waals surface area (Å²) < 4.78 is 31.5. The summed E-state index contributed by atoms with van der Waals surface area (Å²) in [6.07, 6.45) is 0. The fourth-order valence-electron chi connectivity index (χ4n) is 1.95. The summed E-state index contributed by atoms with van der Waals surface area (Å²) in [5, 5.41) is 0. The highest BCUT2D eigenvalue weighted by atomic mass is 19.3. The van der Waals surface area contributed by atoms with Crippen LogP contribution in [0.25, 0.3) is 0 Å². The molecule has 1 heterocycles. The van der Waals surface area contributed by atoms with Crippen LogP contribution in [0.1, 0.15) is 13.8 Å². The molecule has 0 radical (unpaired) electrons. The SMILES string of the molecule is COC(=O)[C@H]1N(C)CC(F)(F)C1(C)C. The third-order valence-electron chi connectivity index (χ3n) is 2.94. The summed E-state index contributed by atoms with van der Waals surface area (Å²) in [7, 11) is 2.72. The van der Waals surface area contributed by atoms with Gasteiger partial charge in [-0.05, 0) is 7.05 Å². The predicted molar refractivity (Wildman–Crippen MR) is 47.2 cm³/mol. The number of alkyl halides is 2. The summed E-state index contributed by atoms with van der Waals surface area (Å²) in [6.45, 7) is 2.37. The molecule has 0 amide bonds. The first-order valence-electron chi connectivity index (χ1n) is 4.40. The minimum atomic E-state index is -2.86. The predicted octanol–water partition coefficient (Wildman–Crippen LogP) is 1.13. The van der Waals surface area contributed by atoms with E-state index in [0.29, 0.717) is 0 Å². The Kier molecular flexibility index (Phi) is 2.56. The molecule has 1 aliphatic heterocycles. The average Bonchev–Trinajstić information content (AvgIpc) is 2.16. The van der Waals surface area contributed by atoms with Crippen molar-refractivity contribution in [3.05, 3.63) is 0 Å². The Morgan fingerprint density at radius 2 is 2.00 bits per heavy atom. The lowest BCUT2D eigenvalue weighted by Gasteiger charge is -2.30. The van der Waals surface area contributed by atoms with Crippen molar-refractivity contribution in [2.75, 3.05) is 20.7 Å². The zero-order valence-electron chi connectivity index (χ0n) is 8.80. The average molecular weight is 207 g/mol. The molecule has 0 unspecified atom stereocenters. The van der Waals surface area contributed by atoms with Gasteiger partial charge in [-0.3, -0.25) is 9.69 Å². The van der Waals surface area contributed by atoms with E-state index in [2.05, 4.69) is 4.74 Å². The van der Waals surface area contributed by atoms with Crippen LogP contribution in [0.15, 0.2) is 0 Å². The molecule has 0 spiro atoms. The monoisotopic (exact) mass is 207 g/mol. The van der Waals surface area contributed by atoms with Crippen LogP contribution < -0.4 is 0 Å². The highest BCUT2D eigenvalue weighted by Gasteiger charge is 2.62. The first-order chi connectivity index (χ1) is 6.24. The van der Waals surface area contributed by atoms with Gasteiger partial charge in [-0.2, -0.15) is 0 Å². The molecule has 1 aliphatic rings. The van der Waals surface area contributed by atoms with Gasteiger partial charge in [0, 0.05) is 0 Å². The highest BCUT2D eigenvalue weighted by molar-refractivity contribution is 5.77. The molecule has 1 saturated heterocycles. The number of carbonyl (C=O) groups excluding carboxylic acids is 1. The lowest BCUT2D eigenvalue weighted by Crippen LogP contribution is -2.45. The molecule has 5 heteroatoms. The zero-order valence-corrected chi connectivity index (χ0v) is 8.80. The van der Waals surface area contributed by atoms with Crippen LogP contribution in [0.3, 0.4) is 0 Å². The molecule has 0 aromatic heterocycles. The Balaban J connectivity index is 3.02. The second-order valence-electron chi connectivity index (χ2n) is 4.27. The number of hydrogen-bond acceptors (Lipinski definition) is 3. The summed E-state index contributed by atoms with van der Waals surface area (Å²) >= 11 is 0. The van der Waals surface area contributed by atoms with Crippen molar-refractivity contribution in [2.24, 2.45) is 5.41 Å². The number of hydrogen-bond donors (Lipinski definition) is 0. The van der Waals surface area contributed by atoms with Gasteiger partial charge in [0.25, 0.3) is 5.92 Å². The number of halogens is 2. The standard InChI is InChI=1S/C9H15F2NO2/c1-8(2)6(7(13)14-4)12(3)5-9(8,10)11/h6H,5H2,1-4H3/t6-/m1/s1. The number of likely N-dealkylation sites (N-methyl/N-ethyl adjacent to an activating group) is 1. The first-order valence-corrected chi connectivity index (χ1v) is 4.40. The third kappa shape index (κ3) is 1.39. The molecule has 0 bridgehead atoms. The number of likely N-dealkylation sites (tertiary alicyclic amines) is 1. The second-order valence-corrected chi connectivity index (χ2v) is 4.27. The topological polar surface area (TPSA) is 29.5 Å². The van der Waals surface area contributed by atoms with Crippen LogP contribution in [0, 0.1) is 5.41 Å². The van der Waals surface area contributed by atoms with E-state index < -0.39 is 29.9 Å². The van der Waals surface area contributed by atoms with Gasteiger partial charge in [0.2, 0.25) is 0 Å². The molecule has 14 heavy (non-hydrogen) atoms. The molecular weight excluding hydrogens is 192 g/mol. The van der Waals surface area contributed by atoms with E-state index >= 15 is 0 Å². The lowest BCUT2D eigenvalue weighted by atomic mass is 9.82. The van der Waals surface area contributed by atoms with E-state index in [0.717, 1.165) is 0 Å². The lowest BCUT2D eigenvalue weighted by molar-refractivity contribution is -0.152. The van der Waals surface area contributed by atoms with Crippen molar-refractivity contribution in [3.8, 4) is 0 Å². The molecule has 0 N–H and O–H groups in total. The van der Waals surface area contributed by atoms with Gasteiger partial charge in [0.05, 0.1) is 19.1 Å². The van der Waals surface area contributed by atoms with E-state index in [4.69, 9.17) is 0 Å². The van der Waals surface area contributed by atoms with E-state index in [1.807, 2.05) is 0 Å². The summed E-state index contributed by atoms with van der Waals surface area (Å²) in [4.78, 5) is 12.7. The quantitative estimate of drug-likeness (QED) is 0.604. The van der Waals surface area contributed by atoms with Gasteiger partial charge in [0.1, 0.15) is 6.04 Å². The summed E-state index contributed by atoms with van der Waals surface area (Å²) in [6, 6.07) is -0.873. The maximum absolute atomic E-state index is 13.5. The van der Waals surface area contributed by atoms with Gasteiger partial charge in [-0.1, -0.05) is 13.8 Å². The fraction of sp³-hybridized carbons (Fsp3) is 0.889. The molecule has 0 aliphatic carbocycles. The molecule has 0 aromatic rings. The molecule has 82 valence electrons. The largest absolute Gasteiger partial charge is 0.468 e. The van der Waals surface area contributed by atoms with Gasteiger partial charge in [-0.25, -0.2) is 8.78 Å². The molecule has 1 fully saturated rings. The minimum absolute atomic E-state index is 0.403. The Morgan fingerprint density at radius 1 is 1.50 bits per heavy atom. The number of methoxy groups -OCH3 is 1. The van der Waals surface area contributed by atoms with Crippen molar-refractivity contribution in [3.63, 3.8) is 0 Å². The molecule has 0 saturated carbocycles. The van der Waals surface area contributed by atoms with Crippen LogP contribution >= 0.6 is 0 Å². The first kappa shape index (κ1) is 11.4.